The molecule has 4 atom stereocenters. The summed E-state index contributed by atoms with van der Waals surface area (Å²) in [5.41, 5.74) is -6.53. The van der Waals surface area contributed by atoms with Crippen molar-refractivity contribution in [2.75, 3.05) is 6.26 Å². The lowest BCUT2D eigenvalue weighted by atomic mass is 9.93. The molecule has 3 heterocycles. The monoisotopic (exact) mass is 1180 g/mol. The number of para-hydroxylation sites is 1. The van der Waals surface area contributed by atoms with E-state index in [2.05, 4.69) is 36.9 Å². The van der Waals surface area contributed by atoms with Gasteiger partial charge in [0.2, 0.25) is 11.8 Å². The van der Waals surface area contributed by atoms with Gasteiger partial charge in [-0.15, -0.1) is 0 Å². The maximum Gasteiger partial charge on any atom is 0.524 e. The minimum absolute atomic E-state index is 0.185. The van der Waals surface area contributed by atoms with E-state index in [4.69, 9.17) is 11.6 Å². The molecule has 0 aliphatic heterocycles. The van der Waals surface area contributed by atoms with E-state index in [1.807, 2.05) is 0 Å². The van der Waals surface area contributed by atoms with E-state index in [0.717, 1.165) is 48.7 Å². The number of carbonyl (C=O) groups excluding carboxylic acids is 2. The molecule has 17 nitrogen and oxygen atoms in total. The number of nitrogens with zero attached hydrogens (tertiary/aromatic N) is 6. The Morgan fingerprint density at radius 1 is 1.00 bits per heavy atom. The fourth-order valence-corrected chi connectivity index (χ4v) is 10.4. The predicted molar refractivity (Wildman–Crippen MR) is 257 cm³/mol. The van der Waals surface area contributed by atoms with Crippen molar-refractivity contribution in [3.8, 4) is 28.7 Å². The van der Waals surface area contributed by atoms with E-state index < -0.39 is 171 Å². The molecule has 1 saturated carbocycles. The van der Waals surface area contributed by atoms with E-state index in [1.165, 1.54) is 32.0 Å². The lowest BCUT2D eigenvalue weighted by Crippen LogP contribution is -2.35. The third-order valence-electron chi connectivity index (χ3n) is 12.7. The Morgan fingerprint density at radius 3 is 2.27 bits per heavy atom. The molecular formula is C47H39ClF10N7O10PS2. The first kappa shape index (κ1) is 57.8. The Balaban J connectivity index is 1.31. The zero-order valence-corrected chi connectivity index (χ0v) is 43.4. The van der Waals surface area contributed by atoms with Crippen molar-refractivity contribution in [3.05, 3.63) is 129 Å². The number of phosphoric acid groups is 1. The molecule has 1 fully saturated rings. The largest absolute Gasteiger partial charge is 0.524 e. The zero-order valence-electron chi connectivity index (χ0n) is 40.1. The Bertz CT molecular complexity index is 3670. The third kappa shape index (κ3) is 12.2. The van der Waals surface area contributed by atoms with Gasteiger partial charge in [-0.2, -0.15) is 45.3 Å². The number of halogens is 11. The summed E-state index contributed by atoms with van der Waals surface area (Å²) in [5, 5.41) is 9.08. The molecule has 4 N–H and O–H groups in total. The highest BCUT2D eigenvalue weighted by Gasteiger charge is 2.68. The van der Waals surface area contributed by atoms with Gasteiger partial charge < -0.3 is 9.84 Å². The number of hydrogen-bond acceptors (Lipinski definition) is 10. The van der Waals surface area contributed by atoms with Crippen LogP contribution >= 0.6 is 19.4 Å². The average Bonchev–Trinajstić information content (AvgIpc) is 4.01. The van der Waals surface area contributed by atoms with Crippen molar-refractivity contribution in [1.82, 2.24) is 34.2 Å². The first-order chi connectivity index (χ1) is 36.0. The molecule has 0 saturated heterocycles. The van der Waals surface area contributed by atoms with Crippen molar-refractivity contribution in [2.24, 2.45) is 5.92 Å². The molecule has 0 spiro atoms. The minimum atomic E-state index is -5.24. The zero-order chi connectivity index (χ0) is 57.4. The maximum atomic E-state index is 15.6. The minimum Gasteiger partial charge on any atom is -0.404 e. The number of aromatic nitrogens is 5. The van der Waals surface area contributed by atoms with Crippen LogP contribution in [-0.2, 0) is 79.8 Å². The summed E-state index contributed by atoms with van der Waals surface area (Å²) < 4.78 is 211. The summed E-state index contributed by atoms with van der Waals surface area (Å²) in [6.07, 6.45) is -11.4. The fourth-order valence-electron chi connectivity index (χ4n) is 8.95. The van der Waals surface area contributed by atoms with E-state index in [-0.39, 0.29) is 48.4 Å². The molecular weight excluding hydrogens is 1140 g/mol. The van der Waals surface area contributed by atoms with Crippen LogP contribution in [0.4, 0.5) is 43.9 Å². The molecule has 6 aromatic rings. The molecule has 2 amide bonds. The molecule has 3 aromatic carbocycles. The van der Waals surface area contributed by atoms with Gasteiger partial charge in [0.05, 0.1) is 40.9 Å². The van der Waals surface area contributed by atoms with E-state index >= 15 is 8.78 Å². The number of hydrogen-bond donors (Lipinski definition) is 4. The van der Waals surface area contributed by atoms with E-state index in [9.17, 15) is 76.2 Å². The topological polar surface area (TPSA) is 236 Å². The summed E-state index contributed by atoms with van der Waals surface area (Å²) in [5.74, 6) is -6.89. The number of carbonyl (C=O) groups is 2. The summed E-state index contributed by atoms with van der Waals surface area (Å²) in [4.78, 5) is 51.3. The molecule has 31 heteroatoms. The third-order valence-corrected chi connectivity index (χ3v) is 16.1. The van der Waals surface area contributed by atoms with Crippen LogP contribution in [0.15, 0.2) is 66.7 Å². The van der Waals surface area contributed by atoms with Crippen molar-refractivity contribution in [1.29, 1.82) is 0 Å². The summed E-state index contributed by atoms with van der Waals surface area (Å²) in [6, 6.07) is 9.71. The Morgan fingerprint density at radius 2 is 1.65 bits per heavy atom. The molecule has 8 rings (SSSR count). The van der Waals surface area contributed by atoms with Gasteiger partial charge in [-0.25, -0.2) is 35.3 Å². The molecule has 2 aliphatic rings. The van der Waals surface area contributed by atoms with Gasteiger partial charge in [-0.3, -0.25) is 33.3 Å². The number of nitrogens with one attached hydrogen (secondary N) is 1. The number of alkyl halides is 8. The normalized spacial score (nSPS) is 16.9. The smallest absolute Gasteiger partial charge is 0.404 e. The maximum absolute atomic E-state index is 15.6. The second-order valence-electron chi connectivity index (χ2n) is 18.7. The van der Waals surface area contributed by atoms with Crippen LogP contribution < -0.4 is 9.84 Å². The van der Waals surface area contributed by atoms with Crippen molar-refractivity contribution in [2.45, 2.75) is 87.7 Å². The van der Waals surface area contributed by atoms with Gasteiger partial charge in [-0.05, 0) is 80.5 Å². The number of phosphoric ester groups is 1. The number of sulfone groups is 1. The Labute approximate surface area is 442 Å². The highest BCUT2D eigenvalue weighted by molar-refractivity contribution is 7.92. The van der Waals surface area contributed by atoms with Crippen LogP contribution in [0.25, 0.3) is 22.0 Å². The number of benzene rings is 3. The van der Waals surface area contributed by atoms with E-state index in [1.54, 1.807) is 0 Å². The standard InChI is InChI=1S/C47H39ClF10N7O10PS2/c1-44(2,78(3,73)74)13-12-27-8-9-28(40(59-27)33(16-23-14-25(49)18-26(50)15-23)60-36(66)21-63-43-38(42(62-63)47(56,57)58)30-19-31(30)46(43,54)55)29-10-11-32(48)39-34(61-64(41(29)39)22-45(51,52)53)20-65(77(71)72)37(67)17-24-6-4-5-7-35(24)75-76(68,69)70/h4-11,14-15,18,30-31,33H,16-17,19-22H2,1-3H3,(H,60,66)(H,71,72)(H2,68,69,70)/t30-,31+,33?/m0/s1. The SMILES string of the molecule is CC(C)(C#Cc1ccc(-c2ccc(Cl)c3c(CN(C(=O)Cc4ccccc4OP(=O)(O)O)S(=O)O)nn(CC(F)(F)F)c23)c(C(Cc2cc(F)cc(F)c2)NC(=O)Cn2nc(C(F)(F)F)c3c2C(F)(F)[C@@H]2C[C@H]32)n1)S(C)(=O)=O. The highest BCUT2D eigenvalue weighted by atomic mass is 35.5. The molecule has 0 radical (unpaired) electrons. The highest BCUT2D eigenvalue weighted by Crippen LogP contribution is 2.68. The van der Waals surface area contributed by atoms with Crippen LogP contribution in [0.3, 0.4) is 0 Å². The predicted octanol–water partition coefficient (Wildman–Crippen LogP) is 8.47. The number of rotatable bonds is 16. The van der Waals surface area contributed by atoms with E-state index in [0.29, 0.717) is 10.7 Å². The molecule has 78 heavy (non-hydrogen) atoms. The summed E-state index contributed by atoms with van der Waals surface area (Å²) in [7, 11) is -9.14. The van der Waals surface area contributed by atoms with Crippen molar-refractivity contribution in [3.63, 3.8) is 0 Å². The van der Waals surface area contributed by atoms with Crippen LogP contribution in [0.1, 0.15) is 77.4 Å². The first-order valence-corrected chi connectivity index (χ1v) is 27.4. The number of amides is 2. The number of fused-ring (bicyclic) bond motifs is 4. The van der Waals surface area contributed by atoms with Crippen LogP contribution in [-0.4, -0.2) is 84.8 Å². The van der Waals surface area contributed by atoms with Gasteiger partial charge in [-0.1, -0.05) is 41.8 Å². The van der Waals surface area contributed by atoms with Gasteiger partial charge in [0.15, 0.2) is 15.5 Å². The van der Waals surface area contributed by atoms with Crippen LogP contribution in [0.5, 0.6) is 5.75 Å². The molecule has 0 bridgehead atoms. The molecule has 2 aliphatic carbocycles. The molecule has 416 valence electrons. The lowest BCUT2D eigenvalue weighted by molar-refractivity contribution is -0.143. The van der Waals surface area contributed by atoms with Gasteiger partial charge >= 0.3 is 20.2 Å². The average molecular weight is 1180 g/mol. The Kier molecular flexibility index (Phi) is 15.3. The fraction of sp³-hybridized carbons (Fsp3) is 0.340. The second-order valence-corrected chi connectivity index (χ2v) is 23.7. The summed E-state index contributed by atoms with van der Waals surface area (Å²) >= 11 is 3.39. The Hall–Kier alpha value is -6.41. The quantitative estimate of drug-likeness (QED) is 0.0308. The van der Waals surface area contributed by atoms with Crippen molar-refractivity contribution >= 4 is 63.2 Å². The second kappa shape index (κ2) is 20.7. The van der Waals surface area contributed by atoms with Crippen LogP contribution in [0, 0.1) is 29.4 Å². The van der Waals surface area contributed by atoms with Crippen molar-refractivity contribution < 1.29 is 89.5 Å². The van der Waals surface area contributed by atoms with Gasteiger partial charge in [0.1, 0.15) is 46.6 Å². The number of pyridine rings is 1. The summed E-state index contributed by atoms with van der Waals surface area (Å²) in [6.45, 7) is -1.87. The first-order valence-electron chi connectivity index (χ1n) is 22.6. The molecule has 2 unspecified atom stereocenters. The van der Waals surface area contributed by atoms with Gasteiger partial charge in [0, 0.05) is 45.9 Å². The van der Waals surface area contributed by atoms with Crippen LogP contribution in [0.2, 0.25) is 5.02 Å². The molecule has 3 aromatic heterocycles. The lowest BCUT2D eigenvalue weighted by Gasteiger charge is -2.23. The van der Waals surface area contributed by atoms with Gasteiger partial charge in [0.25, 0.3) is 17.2 Å².